The number of fused-ring (bicyclic) bond motifs is 1. The summed E-state index contributed by atoms with van der Waals surface area (Å²) in [5.41, 5.74) is 1.67. The van der Waals surface area contributed by atoms with Crippen LogP contribution in [0.15, 0.2) is 48.5 Å². The van der Waals surface area contributed by atoms with Crippen molar-refractivity contribution in [2.45, 2.75) is 12.3 Å². The van der Waals surface area contributed by atoms with Crippen molar-refractivity contribution in [3.8, 4) is 0 Å². The number of carbonyl (C=O) groups excluding carboxylic acids is 2. The molecule has 3 aromatic rings. The van der Waals surface area contributed by atoms with Crippen molar-refractivity contribution in [2.75, 3.05) is 18.2 Å². The molecule has 0 fully saturated rings. The van der Waals surface area contributed by atoms with Crippen molar-refractivity contribution in [2.24, 2.45) is 0 Å². The molecule has 6 nitrogen and oxygen atoms in total. The highest BCUT2D eigenvalue weighted by atomic mass is 32.2. The number of esters is 1. The van der Waals surface area contributed by atoms with Crippen molar-refractivity contribution >= 4 is 40.4 Å². The predicted molar refractivity (Wildman–Crippen MR) is 103 cm³/mol. The Morgan fingerprint density at radius 1 is 1.19 bits per heavy atom. The first-order valence-corrected chi connectivity index (χ1v) is 9.61. The van der Waals surface area contributed by atoms with Crippen LogP contribution in [-0.4, -0.2) is 34.3 Å². The lowest BCUT2D eigenvalue weighted by molar-refractivity contribution is -0.147. The van der Waals surface area contributed by atoms with Crippen LogP contribution in [0.2, 0.25) is 0 Å². The number of aromatic nitrogens is 2. The molecule has 0 saturated heterocycles. The first-order chi connectivity index (χ1) is 13.1. The highest BCUT2D eigenvalue weighted by molar-refractivity contribution is 7.97. The number of benzene rings is 2. The molecule has 1 heterocycles. The Morgan fingerprint density at radius 2 is 1.93 bits per heavy atom. The first kappa shape index (κ1) is 18.9. The number of nitrogens with zero attached hydrogens (tertiary/aromatic N) is 2. The van der Waals surface area contributed by atoms with Gasteiger partial charge < -0.3 is 14.6 Å². The molecule has 1 aromatic heterocycles. The van der Waals surface area contributed by atoms with E-state index < -0.39 is 24.3 Å². The molecule has 0 aliphatic heterocycles. The minimum atomic E-state index is -0.603. The lowest BCUT2D eigenvalue weighted by Gasteiger charge is -2.10. The number of thioether (sulfide) groups is 1. The summed E-state index contributed by atoms with van der Waals surface area (Å²) in [5.74, 6) is -0.312. The van der Waals surface area contributed by atoms with Crippen molar-refractivity contribution in [3.05, 3.63) is 60.2 Å². The van der Waals surface area contributed by atoms with Crippen LogP contribution in [0.3, 0.4) is 0 Å². The summed E-state index contributed by atoms with van der Waals surface area (Å²) in [5, 5.41) is 2.37. The summed E-state index contributed by atoms with van der Waals surface area (Å²) < 4.78 is 20.4. The summed E-state index contributed by atoms with van der Waals surface area (Å²) in [4.78, 5) is 28.6. The zero-order chi connectivity index (χ0) is 19.2. The zero-order valence-electron chi connectivity index (χ0n) is 14.6. The third-order valence-electron chi connectivity index (χ3n) is 3.81. The second-order valence-electron chi connectivity index (χ2n) is 5.72. The monoisotopic (exact) mass is 387 g/mol. The number of para-hydroxylation sites is 3. The Labute approximate surface area is 159 Å². The lowest BCUT2D eigenvalue weighted by Crippen LogP contribution is -2.23. The summed E-state index contributed by atoms with van der Waals surface area (Å²) >= 11 is 1.60. The summed E-state index contributed by atoms with van der Waals surface area (Å²) in [6.45, 7) is -0.541. The van der Waals surface area contributed by atoms with Gasteiger partial charge in [-0.3, -0.25) is 9.59 Å². The van der Waals surface area contributed by atoms with Gasteiger partial charge in [0, 0.05) is 0 Å². The van der Waals surface area contributed by atoms with Crippen LogP contribution in [0.1, 0.15) is 5.82 Å². The molecule has 1 amide bonds. The number of ether oxygens (including phenoxy) is 1. The van der Waals surface area contributed by atoms with E-state index in [9.17, 15) is 14.0 Å². The van der Waals surface area contributed by atoms with Gasteiger partial charge >= 0.3 is 5.97 Å². The molecule has 0 unspecified atom stereocenters. The van der Waals surface area contributed by atoms with Crippen LogP contribution >= 0.6 is 11.8 Å². The van der Waals surface area contributed by atoms with E-state index in [0.717, 1.165) is 16.9 Å². The molecule has 27 heavy (non-hydrogen) atoms. The van der Waals surface area contributed by atoms with Gasteiger partial charge in [0.15, 0.2) is 6.61 Å². The molecule has 0 spiro atoms. The van der Waals surface area contributed by atoms with Crippen molar-refractivity contribution < 1.29 is 18.7 Å². The van der Waals surface area contributed by atoms with E-state index in [1.54, 1.807) is 22.4 Å². The number of nitrogens with one attached hydrogen (secondary N) is 1. The lowest BCUT2D eigenvalue weighted by atomic mass is 10.3. The van der Waals surface area contributed by atoms with Gasteiger partial charge in [0.1, 0.15) is 18.2 Å². The zero-order valence-corrected chi connectivity index (χ0v) is 15.5. The van der Waals surface area contributed by atoms with Gasteiger partial charge in [-0.25, -0.2) is 9.37 Å². The second kappa shape index (κ2) is 8.68. The van der Waals surface area contributed by atoms with E-state index in [1.165, 1.54) is 18.2 Å². The molecule has 140 valence electrons. The SMILES string of the molecule is CSCc1nc2ccccc2n1CC(=O)OCC(=O)Nc1ccccc1F. The number of amides is 1. The van der Waals surface area contributed by atoms with Gasteiger partial charge in [-0.1, -0.05) is 24.3 Å². The van der Waals surface area contributed by atoms with E-state index in [0.29, 0.717) is 5.75 Å². The Kier molecular flexibility index (Phi) is 6.08. The van der Waals surface area contributed by atoms with Crippen LogP contribution in [0.4, 0.5) is 10.1 Å². The number of carbonyl (C=O) groups is 2. The van der Waals surface area contributed by atoms with E-state index >= 15 is 0 Å². The standard InChI is InChI=1S/C19H18FN3O3S/c1-27-12-17-21-15-8-4-5-9-16(15)23(17)10-19(25)26-11-18(24)22-14-7-3-2-6-13(14)20/h2-9H,10-12H2,1H3,(H,22,24). The minimum absolute atomic E-state index is 0.0430. The molecule has 1 N–H and O–H groups in total. The number of halogens is 1. The predicted octanol–water partition coefficient (Wildman–Crippen LogP) is 3.22. The van der Waals surface area contributed by atoms with Crippen LogP contribution in [-0.2, 0) is 26.6 Å². The summed E-state index contributed by atoms with van der Waals surface area (Å²) in [7, 11) is 0. The Balaban J connectivity index is 1.62. The largest absolute Gasteiger partial charge is 0.454 e. The fourth-order valence-electron chi connectivity index (χ4n) is 2.61. The maximum atomic E-state index is 13.5. The average Bonchev–Trinajstić information content (AvgIpc) is 3.00. The number of rotatable bonds is 7. The van der Waals surface area contributed by atoms with Crippen LogP contribution < -0.4 is 5.32 Å². The van der Waals surface area contributed by atoms with Crippen LogP contribution in [0.25, 0.3) is 11.0 Å². The molecule has 2 aromatic carbocycles. The molecule has 0 bridgehead atoms. The smallest absolute Gasteiger partial charge is 0.326 e. The van der Waals surface area contributed by atoms with E-state index in [-0.39, 0.29) is 12.2 Å². The van der Waals surface area contributed by atoms with Gasteiger partial charge in [0.2, 0.25) is 0 Å². The average molecular weight is 387 g/mol. The van der Waals surface area contributed by atoms with Crippen molar-refractivity contribution in [1.29, 1.82) is 0 Å². The molecule has 0 aliphatic rings. The maximum Gasteiger partial charge on any atom is 0.326 e. The number of hydrogen-bond donors (Lipinski definition) is 1. The van der Waals surface area contributed by atoms with Crippen LogP contribution in [0, 0.1) is 5.82 Å². The number of hydrogen-bond acceptors (Lipinski definition) is 5. The highest BCUT2D eigenvalue weighted by Gasteiger charge is 2.15. The molecule has 0 aliphatic carbocycles. The molecule has 3 rings (SSSR count). The van der Waals surface area contributed by atoms with Crippen molar-refractivity contribution in [1.82, 2.24) is 9.55 Å². The minimum Gasteiger partial charge on any atom is -0.454 e. The summed E-state index contributed by atoms with van der Waals surface area (Å²) in [6.07, 6.45) is 1.95. The molecule has 8 heteroatoms. The van der Waals surface area contributed by atoms with Gasteiger partial charge in [0.05, 0.1) is 22.5 Å². The van der Waals surface area contributed by atoms with Crippen molar-refractivity contribution in [3.63, 3.8) is 0 Å². The first-order valence-electron chi connectivity index (χ1n) is 8.21. The number of anilines is 1. The Bertz CT molecular complexity index is 974. The fourth-order valence-corrected chi connectivity index (χ4v) is 3.09. The topological polar surface area (TPSA) is 73.2 Å². The van der Waals surface area contributed by atoms with Gasteiger partial charge in [0.25, 0.3) is 5.91 Å². The second-order valence-corrected chi connectivity index (χ2v) is 6.59. The van der Waals surface area contributed by atoms with Crippen LogP contribution in [0.5, 0.6) is 0 Å². The molecule has 0 atom stereocenters. The van der Waals surface area contributed by atoms with E-state index in [2.05, 4.69) is 10.3 Å². The van der Waals surface area contributed by atoms with Gasteiger partial charge in [-0.15, -0.1) is 0 Å². The summed E-state index contributed by atoms with van der Waals surface area (Å²) in [6, 6.07) is 13.3. The molecule has 0 saturated carbocycles. The Hall–Kier alpha value is -2.87. The molecule has 0 radical (unpaired) electrons. The third-order valence-corrected chi connectivity index (χ3v) is 4.35. The quantitative estimate of drug-likeness (QED) is 0.630. The normalized spacial score (nSPS) is 10.7. The Morgan fingerprint density at radius 3 is 2.70 bits per heavy atom. The number of imidazole rings is 1. The fraction of sp³-hybridized carbons (Fsp3) is 0.211. The van der Waals surface area contributed by atoms with E-state index in [4.69, 9.17) is 4.74 Å². The van der Waals surface area contributed by atoms with Gasteiger partial charge in [-0.2, -0.15) is 11.8 Å². The third kappa shape index (κ3) is 4.65. The highest BCUT2D eigenvalue weighted by Crippen LogP contribution is 2.19. The molecular formula is C19H18FN3O3S. The van der Waals surface area contributed by atoms with E-state index in [1.807, 2.05) is 30.5 Å². The molecular weight excluding hydrogens is 369 g/mol. The van der Waals surface area contributed by atoms with Gasteiger partial charge in [-0.05, 0) is 30.5 Å². The maximum absolute atomic E-state index is 13.5.